The van der Waals surface area contributed by atoms with E-state index < -0.39 is 0 Å². The van der Waals surface area contributed by atoms with Crippen LogP contribution in [0.3, 0.4) is 0 Å². The molecule has 0 bridgehead atoms. The maximum atomic E-state index is 10.3. The quantitative estimate of drug-likeness (QED) is 0.834. The Morgan fingerprint density at radius 1 is 1.10 bits per heavy atom. The van der Waals surface area contributed by atoms with Crippen molar-refractivity contribution in [2.45, 2.75) is 73.0 Å². The van der Waals surface area contributed by atoms with Gasteiger partial charge in [-0.1, -0.05) is 41.5 Å². The molecule has 1 saturated carbocycles. The number of hydrogen-bond donors (Lipinski definition) is 2. The van der Waals surface area contributed by atoms with E-state index in [0.29, 0.717) is 6.61 Å². The first-order valence-electron chi connectivity index (χ1n) is 7.98. The van der Waals surface area contributed by atoms with Crippen molar-refractivity contribution in [3.8, 4) is 0 Å². The highest BCUT2D eigenvalue weighted by Gasteiger charge is 2.41. The van der Waals surface area contributed by atoms with E-state index in [1.54, 1.807) is 0 Å². The molecule has 0 heterocycles. The van der Waals surface area contributed by atoms with Gasteiger partial charge in [-0.05, 0) is 30.1 Å². The Bertz CT molecular complexity index is 288. The Morgan fingerprint density at radius 2 is 1.70 bits per heavy atom. The van der Waals surface area contributed by atoms with E-state index in [1.165, 1.54) is 0 Å². The molecular weight excluding hydrogens is 252 g/mol. The summed E-state index contributed by atoms with van der Waals surface area (Å²) in [6, 6.07) is 0. The summed E-state index contributed by atoms with van der Waals surface area (Å²) >= 11 is 0. The predicted molar refractivity (Wildman–Crippen MR) is 82.6 cm³/mol. The van der Waals surface area contributed by atoms with Crippen LogP contribution >= 0.6 is 0 Å². The summed E-state index contributed by atoms with van der Waals surface area (Å²) in [5.74, 6) is 0.317. The average molecular weight is 286 g/mol. The predicted octanol–water partition coefficient (Wildman–Crippen LogP) is 3.23. The van der Waals surface area contributed by atoms with Crippen LogP contribution in [0.4, 0.5) is 0 Å². The van der Waals surface area contributed by atoms with Gasteiger partial charge in [0.15, 0.2) is 0 Å². The summed E-state index contributed by atoms with van der Waals surface area (Å²) in [4.78, 5) is 0. The van der Waals surface area contributed by atoms with Gasteiger partial charge >= 0.3 is 0 Å². The maximum Gasteiger partial charge on any atom is 0.0633 e. The lowest BCUT2D eigenvalue weighted by atomic mass is 9.69. The first-order chi connectivity index (χ1) is 9.07. The summed E-state index contributed by atoms with van der Waals surface area (Å²) in [5, 5.41) is 19.9. The van der Waals surface area contributed by atoms with Crippen molar-refractivity contribution in [3.63, 3.8) is 0 Å². The molecule has 3 nitrogen and oxygen atoms in total. The van der Waals surface area contributed by atoms with Gasteiger partial charge in [0.05, 0.1) is 18.8 Å². The molecule has 4 unspecified atom stereocenters. The second-order valence-corrected chi connectivity index (χ2v) is 8.51. The van der Waals surface area contributed by atoms with Crippen molar-refractivity contribution < 1.29 is 14.9 Å². The summed E-state index contributed by atoms with van der Waals surface area (Å²) in [6.07, 6.45) is 2.76. The highest BCUT2D eigenvalue weighted by Crippen LogP contribution is 2.40. The summed E-state index contributed by atoms with van der Waals surface area (Å²) in [7, 11) is 0. The lowest BCUT2D eigenvalue weighted by Gasteiger charge is -2.44. The molecule has 0 spiro atoms. The molecule has 0 aromatic heterocycles. The Labute approximate surface area is 124 Å². The molecule has 2 N–H and O–H groups in total. The van der Waals surface area contributed by atoms with Crippen LogP contribution in [0.25, 0.3) is 0 Å². The number of aliphatic hydroxyl groups is 2. The van der Waals surface area contributed by atoms with Crippen molar-refractivity contribution in [3.05, 3.63) is 0 Å². The number of ether oxygens (including phenoxy) is 1. The van der Waals surface area contributed by atoms with E-state index in [1.807, 2.05) is 0 Å². The minimum Gasteiger partial charge on any atom is -0.396 e. The SMILES string of the molecule is CC(C)(C)C(CO)COC1CCCC(O)C1C(C)(C)C. The van der Waals surface area contributed by atoms with E-state index in [0.717, 1.165) is 19.3 Å². The van der Waals surface area contributed by atoms with Crippen molar-refractivity contribution in [1.82, 2.24) is 0 Å². The normalized spacial score (nSPS) is 30.3. The van der Waals surface area contributed by atoms with Gasteiger partial charge in [-0.2, -0.15) is 0 Å². The molecule has 0 amide bonds. The highest BCUT2D eigenvalue weighted by molar-refractivity contribution is 4.90. The van der Waals surface area contributed by atoms with Gasteiger partial charge in [0.25, 0.3) is 0 Å². The Balaban J connectivity index is 2.69. The molecule has 3 heteroatoms. The monoisotopic (exact) mass is 286 g/mol. The van der Waals surface area contributed by atoms with Crippen LogP contribution in [0, 0.1) is 22.7 Å². The molecule has 1 aliphatic rings. The minimum atomic E-state index is -0.268. The fourth-order valence-electron chi connectivity index (χ4n) is 3.27. The van der Waals surface area contributed by atoms with Crippen LogP contribution in [0.1, 0.15) is 60.8 Å². The Hall–Kier alpha value is -0.120. The van der Waals surface area contributed by atoms with Crippen molar-refractivity contribution in [1.29, 1.82) is 0 Å². The molecular formula is C17H34O3. The fraction of sp³-hybridized carbons (Fsp3) is 1.00. The van der Waals surface area contributed by atoms with E-state index in [4.69, 9.17) is 4.74 Å². The van der Waals surface area contributed by atoms with Gasteiger partial charge in [0.1, 0.15) is 0 Å². The summed E-state index contributed by atoms with van der Waals surface area (Å²) < 4.78 is 6.15. The van der Waals surface area contributed by atoms with Crippen LogP contribution < -0.4 is 0 Å². The van der Waals surface area contributed by atoms with Crippen molar-refractivity contribution in [2.24, 2.45) is 22.7 Å². The molecule has 1 rings (SSSR count). The standard InChI is InChI=1S/C17H34O3/c1-16(2,3)12(10-18)11-20-14-9-7-8-13(19)15(14)17(4,5)6/h12-15,18-19H,7-11H2,1-6H3. The van der Waals surface area contributed by atoms with Crippen LogP contribution in [-0.2, 0) is 4.74 Å². The van der Waals surface area contributed by atoms with Gasteiger partial charge < -0.3 is 14.9 Å². The summed E-state index contributed by atoms with van der Waals surface area (Å²) in [6.45, 7) is 13.7. The molecule has 1 aliphatic carbocycles. The topological polar surface area (TPSA) is 49.7 Å². The maximum absolute atomic E-state index is 10.3. The number of hydrogen-bond acceptors (Lipinski definition) is 3. The van der Waals surface area contributed by atoms with E-state index in [-0.39, 0.29) is 41.5 Å². The zero-order chi connectivity index (χ0) is 15.6. The molecule has 0 aromatic carbocycles. The molecule has 0 saturated heterocycles. The van der Waals surface area contributed by atoms with Crippen molar-refractivity contribution in [2.75, 3.05) is 13.2 Å². The van der Waals surface area contributed by atoms with Gasteiger partial charge in [-0.3, -0.25) is 0 Å². The zero-order valence-corrected chi connectivity index (χ0v) is 14.1. The lowest BCUT2D eigenvalue weighted by molar-refractivity contribution is -0.120. The third-order valence-electron chi connectivity index (χ3n) is 4.76. The van der Waals surface area contributed by atoms with Crippen LogP contribution in [0.15, 0.2) is 0 Å². The van der Waals surface area contributed by atoms with Gasteiger partial charge in [0.2, 0.25) is 0 Å². The molecule has 0 radical (unpaired) electrons. The first kappa shape index (κ1) is 17.9. The fourth-order valence-corrected chi connectivity index (χ4v) is 3.27. The molecule has 1 fully saturated rings. The molecule has 20 heavy (non-hydrogen) atoms. The Kier molecular flexibility index (Phi) is 6.06. The third kappa shape index (κ3) is 4.71. The second-order valence-electron chi connectivity index (χ2n) is 8.51. The van der Waals surface area contributed by atoms with Crippen LogP contribution in [0.2, 0.25) is 0 Å². The number of aliphatic hydroxyl groups excluding tert-OH is 2. The highest BCUT2D eigenvalue weighted by atomic mass is 16.5. The Morgan fingerprint density at radius 3 is 2.15 bits per heavy atom. The molecule has 120 valence electrons. The van der Waals surface area contributed by atoms with Gasteiger partial charge in [-0.15, -0.1) is 0 Å². The van der Waals surface area contributed by atoms with Crippen LogP contribution in [-0.4, -0.2) is 35.6 Å². The zero-order valence-electron chi connectivity index (χ0n) is 14.1. The van der Waals surface area contributed by atoms with Gasteiger partial charge in [-0.25, -0.2) is 0 Å². The van der Waals surface area contributed by atoms with E-state index in [9.17, 15) is 10.2 Å². The van der Waals surface area contributed by atoms with Gasteiger partial charge in [0, 0.05) is 18.4 Å². The third-order valence-corrected chi connectivity index (χ3v) is 4.76. The molecule has 0 aliphatic heterocycles. The first-order valence-corrected chi connectivity index (χ1v) is 7.98. The number of rotatable bonds is 4. The summed E-state index contributed by atoms with van der Waals surface area (Å²) in [5.41, 5.74) is 0.0835. The second kappa shape index (κ2) is 6.76. The average Bonchev–Trinajstić information content (AvgIpc) is 2.26. The largest absolute Gasteiger partial charge is 0.396 e. The smallest absolute Gasteiger partial charge is 0.0633 e. The lowest BCUT2D eigenvalue weighted by Crippen LogP contribution is -2.46. The molecule has 0 aromatic rings. The van der Waals surface area contributed by atoms with E-state index >= 15 is 0 Å². The van der Waals surface area contributed by atoms with Crippen LogP contribution in [0.5, 0.6) is 0 Å². The van der Waals surface area contributed by atoms with Crippen molar-refractivity contribution >= 4 is 0 Å². The molecule has 4 atom stereocenters. The van der Waals surface area contributed by atoms with E-state index in [2.05, 4.69) is 41.5 Å². The minimum absolute atomic E-state index is 0.0409.